The van der Waals surface area contributed by atoms with Crippen LogP contribution in [0.15, 0.2) is 42.9 Å². The number of amides is 1. The number of pyridine rings is 1. The molecule has 3 aromatic rings. The van der Waals surface area contributed by atoms with Gasteiger partial charge in [0.05, 0.1) is 49.8 Å². The Morgan fingerprint density at radius 2 is 2.06 bits per heavy atom. The fourth-order valence-electron chi connectivity index (χ4n) is 3.71. The van der Waals surface area contributed by atoms with E-state index in [9.17, 15) is 4.79 Å². The highest BCUT2D eigenvalue weighted by Gasteiger charge is 2.20. The molecule has 0 aliphatic carbocycles. The summed E-state index contributed by atoms with van der Waals surface area (Å²) in [6, 6.07) is 7.60. The van der Waals surface area contributed by atoms with Gasteiger partial charge in [-0.25, -0.2) is 9.97 Å². The van der Waals surface area contributed by atoms with Crippen LogP contribution in [-0.2, 0) is 11.2 Å². The molecule has 5 N–H and O–H groups in total. The van der Waals surface area contributed by atoms with E-state index in [1.807, 2.05) is 24.3 Å². The summed E-state index contributed by atoms with van der Waals surface area (Å²) in [6.45, 7) is 3.24. The number of nitrogens with two attached hydrogens (primary N) is 2. The van der Waals surface area contributed by atoms with Crippen LogP contribution in [0.4, 0.5) is 17.2 Å². The molecule has 172 valence electrons. The van der Waals surface area contributed by atoms with Crippen molar-refractivity contribution in [2.45, 2.75) is 6.42 Å². The van der Waals surface area contributed by atoms with Gasteiger partial charge in [0.15, 0.2) is 11.5 Å². The third-order valence-electron chi connectivity index (χ3n) is 5.39. The standard InChI is InChI=1S/C23H27N7O3/c1-32-20-12-15(4-6-24)2-3-16(20)17-14-27-22(25)21(28-17)23(31)29-18-13-26-7-5-19(18)30-8-10-33-11-9-30/h2-3,5,7,12-14H,4,6,8-11,24H2,1H3,(H2,25,27)(H,29,31). The second-order valence-electron chi connectivity index (χ2n) is 7.51. The quantitative estimate of drug-likeness (QED) is 0.491. The number of nitrogens with zero attached hydrogens (tertiary/aromatic N) is 4. The summed E-state index contributed by atoms with van der Waals surface area (Å²) in [4.78, 5) is 28.1. The smallest absolute Gasteiger partial charge is 0.278 e. The predicted molar refractivity (Wildman–Crippen MR) is 126 cm³/mol. The van der Waals surface area contributed by atoms with E-state index in [1.165, 1.54) is 6.20 Å². The lowest BCUT2D eigenvalue weighted by Crippen LogP contribution is -2.36. The highest BCUT2D eigenvalue weighted by atomic mass is 16.5. The van der Waals surface area contributed by atoms with Crippen LogP contribution in [0, 0.1) is 0 Å². The third kappa shape index (κ3) is 5.02. The van der Waals surface area contributed by atoms with Gasteiger partial charge in [0.2, 0.25) is 0 Å². The second-order valence-corrected chi connectivity index (χ2v) is 7.51. The van der Waals surface area contributed by atoms with Gasteiger partial charge in [0.25, 0.3) is 5.91 Å². The number of hydrogen-bond donors (Lipinski definition) is 3. The summed E-state index contributed by atoms with van der Waals surface area (Å²) < 4.78 is 11.0. The fourth-order valence-corrected chi connectivity index (χ4v) is 3.71. The zero-order valence-corrected chi connectivity index (χ0v) is 18.5. The van der Waals surface area contributed by atoms with E-state index in [0.717, 1.165) is 30.8 Å². The number of rotatable bonds is 7. The maximum absolute atomic E-state index is 13.1. The largest absolute Gasteiger partial charge is 0.496 e. The number of nitrogens with one attached hydrogen (secondary N) is 1. The molecule has 1 fully saturated rings. The second kappa shape index (κ2) is 10.2. The molecule has 1 amide bonds. The number of carbonyl (C=O) groups excluding carboxylic acids is 1. The molecule has 1 aromatic carbocycles. The first kappa shape index (κ1) is 22.4. The summed E-state index contributed by atoms with van der Waals surface area (Å²) in [5, 5.41) is 2.89. The molecule has 10 nitrogen and oxygen atoms in total. The third-order valence-corrected chi connectivity index (χ3v) is 5.39. The van der Waals surface area contributed by atoms with Gasteiger partial charge in [0.1, 0.15) is 5.75 Å². The van der Waals surface area contributed by atoms with Crippen molar-refractivity contribution in [3.05, 3.63) is 54.1 Å². The molecule has 33 heavy (non-hydrogen) atoms. The van der Waals surface area contributed by atoms with Gasteiger partial charge in [-0.3, -0.25) is 9.78 Å². The minimum absolute atomic E-state index is 0.0253. The molecule has 1 saturated heterocycles. The van der Waals surface area contributed by atoms with Crippen molar-refractivity contribution >= 4 is 23.1 Å². The molecule has 0 saturated carbocycles. The number of morpholine rings is 1. The highest BCUT2D eigenvalue weighted by molar-refractivity contribution is 6.07. The normalized spacial score (nSPS) is 13.6. The maximum Gasteiger partial charge on any atom is 0.278 e. The van der Waals surface area contributed by atoms with Crippen LogP contribution in [0.3, 0.4) is 0 Å². The van der Waals surface area contributed by atoms with E-state index < -0.39 is 5.91 Å². The minimum atomic E-state index is -0.469. The summed E-state index contributed by atoms with van der Waals surface area (Å²) in [5.41, 5.74) is 15.4. The van der Waals surface area contributed by atoms with E-state index in [0.29, 0.717) is 42.5 Å². The Bertz CT molecular complexity index is 1130. The van der Waals surface area contributed by atoms with Crippen molar-refractivity contribution in [2.75, 3.05) is 55.9 Å². The minimum Gasteiger partial charge on any atom is -0.496 e. The van der Waals surface area contributed by atoms with Crippen LogP contribution >= 0.6 is 0 Å². The molecule has 4 rings (SSSR count). The molecule has 2 aromatic heterocycles. The number of ether oxygens (including phenoxy) is 2. The molecule has 0 unspecified atom stereocenters. The summed E-state index contributed by atoms with van der Waals surface area (Å²) >= 11 is 0. The molecular formula is C23H27N7O3. The first-order valence-corrected chi connectivity index (χ1v) is 10.7. The monoisotopic (exact) mass is 449 g/mol. The first-order chi connectivity index (χ1) is 16.1. The first-order valence-electron chi connectivity index (χ1n) is 10.7. The van der Waals surface area contributed by atoms with Gasteiger partial charge in [0, 0.05) is 24.8 Å². The zero-order chi connectivity index (χ0) is 23.2. The lowest BCUT2D eigenvalue weighted by molar-refractivity contribution is 0.102. The van der Waals surface area contributed by atoms with Crippen molar-refractivity contribution in [3.8, 4) is 17.0 Å². The summed E-state index contributed by atoms with van der Waals surface area (Å²) in [5.74, 6) is 0.183. The number of methoxy groups -OCH3 is 1. The number of carbonyl (C=O) groups is 1. The lowest BCUT2D eigenvalue weighted by atomic mass is 10.1. The molecule has 0 radical (unpaired) electrons. The topological polar surface area (TPSA) is 142 Å². The Morgan fingerprint density at radius 1 is 1.24 bits per heavy atom. The van der Waals surface area contributed by atoms with Crippen molar-refractivity contribution in [1.82, 2.24) is 15.0 Å². The molecule has 1 aliphatic heterocycles. The Labute approximate surface area is 191 Å². The Kier molecular flexibility index (Phi) is 6.96. The van der Waals surface area contributed by atoms with Crippen molar-refractivity contribution < 1.29 is 14.3 Å². The zero-order valence-electron chi connectivity index (χ0n) is 18.5. The van der Waals surface area contributed by atoms with E-state index >= 15 is 0 Å². The van der Waals surface area contributed by atoms with Gasteiger partial charge in [-0.15, -0.1) is 0 Å². The average molecular weight is 450 g/mol. The van der Waals surface area contributed by atoms with Gasteiger partial charge >= 0.3 is 0 Å². The van der Waals surface area contributed by atoms with Crippen molar-refractivity contribution in [2.24, 2.45) is 5.73 Å². The average Bonchev–Trinajstić information content (AvgIpc) is 2.85. The molecule has 1 aliphatic rings. The van der Waals surface area contributed by atoms with E-state index in [2.05, 4.69) is 25.2 Å². The van der Waals surface area contributed by atoms with Gasteiger partial charge in [-0.05, 0) is 36.7 Å². The van der Waals surface area contributed by atoms with E-state index in [-0.39, 0.29) is 11.5 Å². The molecule has 0 atom stereocenters. The van der Waals surface area contributed by atoms with Gasteiger partial charge in [-0.2, -0.15) is 0 Å². The van der Waals surface area contributed by atoms with E-state index in [1.54, 1.807) is 19.5 Å². The molecular weight excluding hydrogens is 422 g/mol. The van der Waals surface area contributed by atoms with Crippen molar-refractivity contribution in [1.29, 1.82) is 0 Å². The fraction of sp³-hybridized carbons (Fsp3) is 0.304. The van der Waals surface area contributed by atoms with Crippen LogP contribution < -0.4 is 26.4 Å². The maximum atomic E-state index is 13.1. The van der Waals surface area contributed by atoms with Gasteiger partial charge in [-0.1, -0.05) is 6.07 Å². The van der Waals surface area contributed by atoms with Crippen LogP contribution in [0.25, 0.3) is 11.3 Å². The van der Waals surface area contributed by atoms with Crippen molar-refractivity contribution in [3.63, 3.8) is 0 Å². The summed E-state index contributed by atoms with van der Waals surface area (Å²) in [7, 11) is 1.58. The number of nitrogen functional groups attached to an aromatic ring is 1. The Hall–Kier alpha value is -3.76. The highest BCUT2D eigenvalue weighted by Crippen LogP contribution is 2.31. The number of hydrogen-bond acceptors (Lipinski definition) is 9. The van der Waals surface area contributed by atoms with E-state index in [4.69, 9.17) is 20.9 Å². The van der Waals surface area contributed by atoms with Crippen LogP contribution in [0.1, 0.15) is 16.1 Å². The molecule has 3 heterocycles. The van der Waals surface area contributed by atoms with Crippen LogP contribution in [-0.4, -0.2) is 60.8 Å². The Morgan fingerprint density at radius 3 is 2.82 bits per heavy atom. The van der Waals surface area contributed by atoms with Gasteiger partial charge < -0.3 is 31.2 Å². The number of benzene rings is 1. The SMILES string of the molecule is COc1cc(CCN)ccc1-c1cnc(N)c(C(=O)Nc2cnccc2N2CCOCC2)n1. The van der Waals surface area contributed by atoms with Crippen LogP contribution in [0.2, 0.25) is 0 Å². The molecule has 10 heteroatoms. The predicted octanol–water partition coefficient (Wildman–Crippen LogP) is 1.72. The molecule has 0 spiro atoms. The number of aromatic nitrogens is 3. The molecule has 0 bridgehead atoms. The summed E-state index contributed by atoms with van der Waals surface area (Å²) in [6.07, 6.45) is 5.55. The number of anilines is 3. The van der Waals surface area contributed by atoms with Crippen LogP contribution in [0.5, 0.6) is 5.75 Å². The Balaban J connectivity index is 1.62. The lowest BCUT2D eigenvalue weighted by Gasteiger charge is -2.30.